The summed E-state index contributed by atoms with van der Waals surface area (Å²) < 4.78 is 26.3. The molecule has 1 aliphatic carbocycles. The van der Waals surface area contributed by atoms with E-state index in [0.717, 1.165) is 18.9 Å². The summed E-state index contributed by atoms with van der Waals surface area (Å²) >= 11 is 0. The summed E-state index contributed by atoms with van der Waals surface area (Å²) in [6.07, 6.45) is 6.14. The Balaban J connectivity index is 1.71. The minimum Gasteiger partial charge on any atom is -0.353 e. The van der Waals surface area contributed by atoms with Gasteiger partial charge < -0.3 is 10.6 Å². The molecule has 0 spiro atoms. The Morgan fingerprint density at radius 2 is 1.82 bits per heavy atom. The topological polar surface area (TPSA) is 41.1 Å². The predicted octanol–water partition coefficient (Wildman–Crippen LogP) is 3.45. The summed E-state index contributed by atoms with van der Waals surface area (Å²) in [4.78, 5) is 11.9. The largest absolute Gasteiger partial charge is 0.353 e. The van der Waals surface area contributed by atoms with Gasteiger partial charge in [0.15, 0.2) is 0 Å². The molecule has 1 atom stereocenters. The van der Waals surface area contributed by atoms with Gasteiger partial charge in [0.25, 0.3) is 0 Å². The lowest BCUT2D eigenvalue weighted by Crippen LogP contribution is -2.37. The number of halogens is 2. The molecule has 2 rings (SSSR count). The first kappa shape index (κ1) is 16.9. The van der Waals surface area contributed by atoms with Crippen LogP contribution in [0.2, 0.25) is 0 Å². The van der Waals surface area contributed by atoms with E-state index >= 15 is 0 Å². The Kier molecular flexibility index (Phi) is 6.31. The van der Waals surface area contributed by atoms with Gasteiger partial charge in [0, 0.05) is 31.1 Å². The molecule has 0 saturated heterocycles. The molecule has 1 aromatic carbocycles. The molecule has 1 amide bonds. The second-order valence-electron chi connectivity index (χ2n) is 6.03. The molecule has 1 aromatic rings. The lowest BCUT2D eigenvalue weighted by Gasteiger charge is -2.23. The molecule has 3 nitrogen and oxygen atoms in total. The van der Waals surface area contributed by atoms with Crippen LogP contribution in [0.15, 0.2) is 18.2 Å². The summed E-state index contributed by atoms with van der Waals surface area (Å²) in [6, 6.07) is 3.59. The van der Waals surface area contributed by atoms with Gasteiger partial charge in [0.1, 0.15) is 11.6 Å². The summed E-state index contributed by atoms with van der Waals surface area (Å²) in [5, 5.41) is 6.18. The summed E-state index contributed by atoms with van der Waals surface area (Å²) in [6.45, 7) is 2.31. The lowest BCUT2D eigenvalue weighted by molar-refractivity contribution is -0.121. The number of nitrogens with one attached hydrogen (secondary N) is 2. The molecule has 1 aliphatic rings. The fourth-order valence-electron chi connectivity index (χ4n) is 2.89. The summed E-state index contributed by atoms with van der Waals surface area (Å²) in [5.74, 6) is -1.13. The molecule has 2 N–H and O–H groups in total. The van der Waals surface area contributed by atoms with Crippen molar-refractivity contribution < 1.29 is 13.6 Å². The Morgan fingerprint density at radius 1 is 1.18 bits per heavy atom. The maximum atomic E-state index is 13.2. The van der Waals surface area contributed by atoms with Crippen LogP contribution in [-0.2, 0) is 4.79 Å². The van der Waals surface area contributed by atoms with Gasteiger partial charge in [-0.05, 0) is 37.5 Å². The van der Waals surface area contributed by atoms with Crippen LogP contribution < -0.4 is 10.6 Å². The number of benzene rings is 1. The van der Waals surface area contributed by atoms with Gasteiger partial charge >= 0.3 is 0 Å². The number of hydrogen-bond acceptors (Lipinski definition) is 2. The molecule has 1 saturated carbocycles. The van der Waals surface area contributed by atoms with Gasteiger partial charge in [-0.15, -0.1) is 0 Å². The van der Waals surface area contributed by atoms with E-state index in [1.807, 2.05) is 6.92 Å². The second-order valence-corrected chi connectivity index (χ2v) is 6.03. The zero-order chi connectivity index (χ0) is 15.9. The molecule has 1 fully saturated rings. The van der Waals surface area contributed by atoms with Gasteiger partial charge in [-0.3, -0.25) is 4.79 Å². The van der Waals surface area contributed by atoms with Crippen LogP contribution in [0.25, 0.3) is 0 Å². The van der Waals surface area contributed by atoms with Gasteiger partial charge in [-0.25, -0.2) is 8.78 Å². The van der Waals surface area contributed by atoms with Crippen LogP contribution in [-0.4, -0.2) is 18.5 Å². The highest BCUT2D eigenvalue weighted by molar-refractivity contribution is 5.76. The molecule has 0 heterocycles. The van der Waals surface area contributed by atoms with E-state index in [1.54, 1.807) is 0 Å². The molecule has 0 radical (unpaired) electrons. The maximum absolute atomic E-state index is 13.2. The number of rotatable bonds is 6. The quantitative estimate of drug-likeness (QED) is 0.845. The van der Waals surface area contributed by atoms with E-state index in [2.05, 4.69) is 10.6 Å². The fourth-order valence-corrected chi connectivity index (χ4v) is 2.89. The monoisotopic (exact) mass is 310 g/mol. The SMILES string of the molecule is CC(NCCC(=O)NC1CCCCC1)c1cc(F)cc(F)c1. The Labute approximate surface area is 130 Å². The van der Waals surface area contributed by atoms with Crippen molar-refractivity contribution in [3.63, 3.8) is 0 Å². The van der Waals surface area contributed by atoms with Crippen molar-refractivity contribution in [1.82, 2.24) is 10.6 Å². The standard InChI is InChI=1S/C17H24F2N2O/c1-12(13-9-14(18)11-15(19)10-13)20-8-7-17(22)21-16-5-3-2-4-6-16/h9-12,16,20H,2-8H2,1H3,(H,21,22). The highest BCUT2D eigenvalue weighted by atomic mass is 19.1. The fraction of sp³-hybridized carbons (Fsp3) is 0.588. The van der Waals surface area contributed by atoms with Crippen molar-refractivity contribution in [1.29, 1.82) is 0 Å². The zero-order valence-electron chi connectivity index (χ0n) is 13.0. The molecule has 5 heteroatoms. The number of carbonyl (C=O) groups is 1. The van der Waals surface area contributed by atoms with Crippen molar-refractivity contribution in [2.45, 2.75) is 57.5 Å². The normalized spacial score (nSPS) is 17.2. The van der Waals surface area contributed by atoms with Gasteiger partial charge in [-0.1, -0.05) is 19.3 Å². The lowest BCUT2D eigenvalue weighted by atomic mass is 9.95. The van der Waals surface area contributed by atoms with Gasteiger partial charge in [0.05, 0.1) is 0 Å². The minimum atomic E-state index is -0.585. The third-order valence-corrected chi connectivity index (χ3v) is 4.16. The highest BCUT2D eigenvalue weighted by Crippen LogP contribution is 2.18. The van der Waals surface area contributed by atoms with Crippen LogP contribution in [0.5, 0.6) is 0 Å². The van der Waals surface area contributed by atoms with Crippen molar-refractivity contribution >= 4 is 5.91 Å². The van der Waals surface area contributed by atoms with E-state index in [0.29, 0.717) is 24.6 Å². The number of amides is 1. The summed E-state index contributed by atoms with van der Waals surface area (Å²) in [5.41, 5.74) is 0.546. The van der Waals surface area contributed by atoms with E-state index in [4.69, 9.17) is 0 Å². The van der Waals surface area contributed by atoms with Gasteiger partial charge in [-0.2, -0.15) is 0 Å². The van der Waals surface area contributed by atoms with Crippen LogP contribution in [0.4, 0.5) is 8.78 Å². The first-order valence-electron chi connectivity index (χ1n) is 8.03. The smallest absolute Gasteiger partial charge is 0.221 e. The minimum absolute atomic E-state index is 0.0389. The molecule has 0 aliphatic heterocycles. The van der Waals surface area contributed by atoms with E-state index in [-0.39, 0.29) is 11.9 Å². The Bertz CT molecular complexity index is 481. The molecular weight excluding hydrogens is 286 g/mol. The molecule has 122 valence electrons. The van der Waals surface area contributed by atoms with Gasteiger partial charge in [0.2, 0.25) is 5.91 Å². The maximum Gasteiger partial charge on any atom is 0.221 e. The molecule has 1 unspecified atom stereocenters. The average Bonchev–Trinajstić information content (AvgIpc) is 2.47. The average molecular weight is 310 g/mol. The summed E-state index contributed by atoms with van der Waals surface area (Å²) in [7, 11) is 0. The predicted molar refractivity (Wildman–Crippen MR) is 82.4 cm³/mol. The Hall–Kier alpha value is -1.49. The Morgan fingerprint density at radius 3 is 2.45 bits per heavy atom. The third kappa shape index (κ3) is 5.37. The van der Waals surface area contributed by atoms with E-state index in [1.165, 1.54) is 31.4 Å². The molecule has 22 heavy (non-hydrogen) atoms. The molecular formula is C17H24F2N2O. The number of carbonyl (C=O) groups excluding carboxylic acids is 1. The van der Waals surface area contributed by atoms with Crippen LogP contribution in [0, 0.1) is 11.6 Å². The van der Waals surface area contributed by atoms with Crippen LogP contribution in [0.1, 0.15) is 57.1 Å². The highest BCUT2D eigenvalue weighted by Gasteiger charge is 2.15. The first-order valence-corrected chi connectivity index (χ1v) is 8.03. The van der Waals surface area contributed by atoms with Crippen molar-refractivity contribution in [2.24, 2.45) is 0 Å². The van der Waals surface area contributed by atoms with Crippen molar-refractivity contribution in [3.8, 4) is 0 Å². The van der Waals surface area contributed by atoms with Crippen LogP contribution >= 0.6 is 0 Å². The van der Waals surface area contributed by atoms with Crippen molar-refractivity contribution in [3.05, 3.63) is 35.4 Å². The van der Waals surface area contributed by atoms with E-state index < -0.39 is 11.6 Å². The first-order chi connectivity index (χ1) is 10.5. The number of hydrogen-bond donors (Lipinski definition) is 2. The molecule has 0 bridgehead atoms. The van der Waals surface area contributed by atoms with Crippen LogP contribution in [0.3, 0.4) is 0 Å². The zero-order valence-corrected chi connectivity index (χ0v) is 13.0. The second kappa shape index (κ2) is 8.22. The third-order valence-electron chi connectivity index (χ3n) is 4.16. The van der Waals surface area contributed by atoms with Crippen molar-refractivity contribution in [2.75, 3.05) is 6.54 Å². The van der Waals surface area contributed by atoms with E-state index in [9.17, 15) is 13.6 Å². The molecule has 0 aromatic heterocycles.